The predicted molar refractivity (Wildman–Crippen MR) is 148 cm³/mol. The van der Waals surface area contributed by atoms with E-state index >= 15 is 0 Å². The van der Waals surface area contributed by atoms with Gasteiger partial charge in [0.05, 0.1) is 11.1 Å². The Hall–Kier alpha value is -2.88. The van der Waals surface area contributed by atoms with Crippen molar-refractivity contribution < 1.29 is 19.1 Å². The van der Waals surface area contributed by atoms with E-state index in [0.29, 0.717) is 34.8 Å². The lowest BCUT2D eigenvalue weighted by molar-refractivity contribution is -0.116. The summed E-state index contributed by atoms with van der Waals surface area (Å²) in [7, 11) is 0. The van der Waals surface area contributed by atoms with Crippen molar-refractivity contribution in [1.29, 1.82) is 0 Å². The van der Waals surface area contributed by atoms with Crippen LogP contribution in [0.2, 0.25) is 0 Å². The average molecular weight is 513 g/mol. The summed E-state index contributed by atoms with van der Waals surface area (Å²) >= 11 is 0. The molecule has 0 aliphatic heterocycles. The largest absolute Gasteiger partial charge is 0.459 e. The molecule has 0 saturated heterocycles. The van der Waals surface area contributed by atoms with Crippen molar-refractivity contribution in [3.8, 4) is 0 Å². The van der Waals surface area contributed by atoms with Crippen LogP contribution in [0.1, 0.15) is 85.9 Å². The minimum atomic E-state index is -0.206. The summed E-state index contributed by atoms with van der Waals surface area (Å²) < 4.78 is 12.2. The number of fused-ring (bicyclic) bond motifs is 5. The first kappa shape index (κ1) is 25.4. The number of rotatable bonds is 4. The van der Waals surface area contributed by atoms with E-state index in [4.69, 9.17) is 9.47 Å². The number of carbonyl (C=O) groups is 2. The summed E-state index contributed by atoms with van der Waals surface area (Å²) in [5, 5.41) is 0. The molecule has 0 bridgehead atoms. The summed E-state index contributed by atoms with van der Waals surface area (Å²) in [6.45, 7) is 9.53. The molecular formula is C34H40O4. The third-order valence-electron chi connectivity index (χ3n) is 11.0. The second-order valence-corrected chi connectivity index (χ2v) is 12.9. The van der Waals surface area contributed by atoms with E-state index in [1.807, 2.05) is 60.7 Å². The zero-order chi connectivity index (χ0) is 26.5. The van der Waals surface area contributed by atoms with Crippen LogP contribution in [-0.2, 0) is 9.47 Å². The highest BCUT2D eigenvalue weighted by molar-refractivity contribution is 5.89. The van der Waals surface area contributed by atoms with Crippen LogP contribution in [0.3, 0.4) is 0 Å². The lowest BCUT2D eigenvalue weighted by atomic mass is 9.44. The van der Waals surface area contributed by atoms with Gasteiger partial charge in [-0.2, -0.15) is 0 Å². The van der Waals surface area contributed by atoms with Crippen molar-refractivity contribution in [3.63, 3.8) is 0 Å². The molecule has 0 radical (unpaired) electrons. The Kier molecular flexibility index (Phi) is 6.48. The third kappa shape index (κ3) is 4.21. The summed E-state index contributed by atoms with van der Waals surface area (Å²) in [6, 6.07) is 18.7. The van der Waals surface area contributed by atoms with Gasteiger partial charge in [0.2, 0.25) is 0 Å². The number of benzene rings is 2. The molecule has 0 spiro atoms. The maximum atomic E-state index is 12.9. The predicted octanol–water partition coefficient (Wildman–Crippen LogP) is 7.65. The van der Waals surface area contributed by atoms with Gasteiger partial charge in [-0.3, -0.25) is 0 Å². The normalized spacial score (nSPS) is 37.9. The summed E-state index contributed by atoms with van der Waals surface area (Å²) in [6.07, 6.45) is 8.18. The lowest BCUT2D eigenvalue weighted by Gasteiger charge is -2.61. The minimum Gasteiger partial charge on any atom is -0.459 e. The Morgan fingerprint density at radius 3 is 2.00 bits per heavy atom. The topological polar surface area (TPSA) is 52.6 Å². The van der Waals surface area contributed by atoms with Gasteiger partial charge in [-0.15, -0.1) is 0 Å². The van der Waals surface area contributed by atoms with E-state index in [-0.39, 0.29) is 35.0 Å². The van der Waals surface area contributed by atoms with Crippen LogP contribution in [0.15, 0.2) is 72.8 Å². The first-order chi connectivity index (χ1) is 18.3. The molecule has 0 aromatic heterocycles. The molecule has 4 heteroatoms. The first-order valence-electron chi connectivity index (χ1n) is 14.5. The smallest absolute Gasteiger partial charge is 0.338 e. The molecule has 4 nitrogen and oxygen atoms in total. The molecule has 4 saturated carbocycles. The molecule has 4 fully saturated rings. The van der Waals surface area contributed by atoms with Crippen LogP contribution >= 0.6 is 0 Å². The van der Waals surface area contributed by atoms with Gasteiger partial charge in [-0.05, 0) is 105 Å². The van der Waals surface area contributed by atoms with E-state index in [2.05, 4.69) is 20.4 Å². The van der Waals surface area contributed by atoms with Crippen molar-refractivity contribution in [3.05, 3.63) is 83.9 Å². The number of ether oxygens (including phenoxy) is 2. The van der Waals surface area contributed by atoms with Gasteiger partial charge in [-0.25, -0.2) is 9.59 Å². The zero-order valence-electron chi connectivity index (χ0n) is 22.7. The average Bonchev–Trinajstić information content (AvgIpc) is 3.26. The van der Waals surface area contributed by atoms with Crippen LogP contribution in [0.5, 0.6) is 0 Å². The van der Waals surface area contributed by atoms with Gasteiger partial charge in [0.15, 0.2) is 0 Å². The molecule has 200 valence electrons. The van der Waals surface area contributed by atoms with Crippen molar-refractivity contribution >= 4 is 11.9 Å². The van der Waals surface area contributed by atoms with Crippen molar-refractivity contribution in [2.75, 3.05) is 0 Å². The summed E-state index contributed by atoms with van der Waals surface area (Å²) in [4.78, 5) is 25.7. The molecule has 8 atom stereocenters. The van der Waals surface area contributed by atoms with E-state index < -0.39 is 0 Å². The van der Waals surface area contributed by atoms with Gasteiger partial charge in [0.25, 0.3) is 0 Å². The van der Waals surface area contributed by atoms with Gasteiger partial charge < -0.3 is 9.47 Å². The molecule has 4 aliphatic carbocycles. The van der Waals surface area contributed by atoms with Crippen molar-refractivity contribution in [1.82, 2.24) is 0 Å². The second-order valence-electron chi connectivity index (χ2n) is 12.9. The van der Waals surface area contributed by atoms with E-state index in [1.54, 1.807) is 0 Å². The van der Waals surface area contributed by atoms with Crippen molar-refractivity contribution in [2.45, 2.75) is 77.4 Å². The fourth-order valence-electron chi connectivity index (χ4n) is 8.90. The number of hydrogen-bond donors (Lipinski definition) is 0. The molecule has 2 aromatic rings. The molecule has 0 heterocycles. The standard InChI is InChI=1S/C34H40O4/c1-22-20-25-21-26(37-31(35)23-10-6-4-7-11-23)16-18-33(25,2)28-17-19-34(3)27(30(22)28)14-15-29(34)38-32(36)24-12-8-5-9-13-24/h4-13,25-30H,1,14-21H2,2-3H3/t25-,26+,27+,28+,29+,30-,33+,34-/m1/s1. The fourth-order valence-corrected chi connectivity index (χ4v) is 8.90. The molecule has 0 unspecified atom stereocenters. The van der Waals surface area contributed by atoms with E-state index in [9.17, 15) is 9.59 Å². The summed E-state index contributed by atoms with van der Waals surface area (Å²) in [5.41, 5.74) is 2.88. The highest BCUT2D eigenvalue weighted by atomic mass is 16.5. The summed E-state index contributed by atoms with van der Waals surface area (Å²) in [5.74, 6) is 1.68. The molecule has 0 N–H and O–H groups in total. The van der Waals surface area contributed by atoms with Crippen LogP contribution in [0, 0.1) is 34.5 Å². The number of esters is 2. The number of allylic oxidation sites excluding steroid dienone is 1. The number of hydrogen-bond acceptors (Lipinski definition) is 4. The SMILES string of the molecule is C=C1C[C@@H]2C[C@@H](OC(=O)c3ccccc3)CC[C@]2(C)[C@H]2CC[C@@]3(C)[C@@H](OC(=O)c4ccccc4)CC[C@H]3[C@@H]12. The van der Waals surface area contributed by atoms with E-state index in [1.165, 1.54) is 5.57 Å². The first-order valence-corrected chi connectivity index (χ1v) is 14.5. The van der Waals surface area contributed by atoms with Crippen LogP contribution < -0.4 is 0 Å². The van der Waals surface area contributed by atoms with E-state index in [0.717, 1.165) is 51.4 Å². The van der Waals surface area contributed by atoms with Crippen LogP contribution in [0.4, 0.5) is 0 Å². The fraction of sp³-hybridized carbons (Fsp3) is 0.529. The Labute approximate surface area is 226 Å². The maximum Gasteiger partial charge on any atom is 0.338 e. The quantitative estimate of drug-likeness (QED) is 0.312. The molecular weight excluding hydrogens is 472 g/mol. The van der Waals surface area contributed by atoms with Gasteiger partial charge in [-0.1, -0.05) is 62.4 Å². The highest BCUT2D eigenvalue weighted by Gasteiger charge is 2.62. The molecule has 2 aromatic carbocycles. The second kappa shape index (κ2) is 9.70. The lowest BCUT2D eigenvalue weighted by Crippen LogP contribution is -2.55. The maximum absolute atomic E-state index is 12.9. The van der Waals surface area contributed by atoms with Crippen molar-refractivity contribution in [2.24, 2.45) is 34.5 Å². The zero-order valence-corrected chi connectivity index (χ0v) is 22.7. The minimum absolute atomic E-state index is 0.000158. The highest BCUT2D eigenvalue weighted by Crippen LogP contribution is 2.67. The Morgan fingerprint density at radius 2 is 1.34 bits per heavy atom. The Morgan fingerprint density at radius 1 is 0.763 bits per heavy atom. The van der Waals surface area contributed by atoms with Crippen LogP contribution in [0.25, 0.3) is 0 Å². The van der Waals surface area contributed by atoms with Gasteiger partial charge >= 0.3 is 11.9 Å². The molecule has 38 heavy (non-hydrogen) atoms. The number of carbonyl (C=O) groups excluding carboxylic acids is 2. The Balaban J connectivity index is 1.15. The molecule has 4 aliphatic rings. The molecule has 0 amide bonds. The Bertz CT molecular complexity index is 1210. The molecule has 6 rings (SSSR count). The van der Waals surface area contributed by atoms with Gasteiger partial charge in [0, 0.05) is 5.41 Å². The third-order valence-corrected chi connectivity index (χ3v) is 11.0. The van der Waals surface area contributed by atoms with Crippen LogP contribution in [-0.4, -0.2) is 24.1 Å². The van der Waals surface area contributed by atoms with Gasteiger partial charge in [0.1, 0.15) is 12.2 Å². The monoisotopic (exact) mass is 512 g/mol.